The van der Waals surface area contributed by atoms with Gasteiger partial charge in [-0.05, 0) is 38.3 Å². The summed E-state index contributed by atoms with van der Waals surface area (Å²) >= 11 is 0. The van der Waals surface area contributed by atoms with Crippen molar-refractivity contribution in [3.63, 3.8) is 0 Å². The largest absolute Gasteiger partial charge is 0.478 e. The van der Waals surface area contributed by atoms with Crippen molar-refractivity contribution in [3.8, 4) is 0 Å². The van der Waals surface area contributed by atoms with E-state index in [1.807, 2.05) is 17.7 Å². The molecule has 1 aromatic carbocycles. The van der Waals surface area contributed by atoms with Crippen molar-refractivity contribution in [2.45, 2.75) is 32.4 Å². The van der Waals surface area contributed by atoms with Crippen LogP contribution in [-0.2, 0) is 4.74 Å². The first-order valence-electron chi connectivity index (χ1n) is 6.50. The SMILES string of the molecule is Cc1nn(C2CCCCO2)c2cc(C(=O)O)ccc12. The summed E-state index contributed by atoms with van der Waals surface area (Å²) in [6, 6.07) is 5.11. The van der Waals surface area contributed by atoms with Crippen LogP contribution in [0.2, 0.25) is 0 Å². The molecule has 1 unspecified atom stereocenters. The first kappa shape index (κ1) is 12.2. The Balaban J connectivity index is 2.12. The van der Waals surface area contributed by atoms with E-state index in [4.69, 9.17) is 9.84 Å². The van der Waals surface area contributed by atoms with Crippen LogP contribution in [0.15, 0.2) is 18.2 Å². The maximum atomic E-state index is 11.1. The van der Waals surface area contributed by atoms with Gasteiger partial charge in [0, 0.05) is 12.0 Å². The van der Waals surface area contributed by atoms with Crippen LogP contribution >= 0.6 is 0 Å². The quantitative estimate of drug-likeness (QED) is 0.901. The molecular weight excluding hydrogens is 244 g/mol. The summed E-state index contributed by atoms with van der Waals surface area (Å²) in [5, 5.41) is 14.6. The third-order valence-corrected chi connectivity index (χ3v) is 3.57. The van der Waals surface area contributed by atoms with Gasteiger partial charge in [0.1, 0.15) is 0 Å². The number of hydrogen-bond donors (Lipinski definition) is 1. The lowest BCUT2D eigenvalue weighted by molar-refractivity contribution is -0.0368. The Labute approximate surface area is 110 Å². The fourth-order valence-electron chi connectivity index (χ4n) is 2.57. The Hall–Kier alpha value is -1.88. The van der Waals surface area contributed by atoms with Crippen LogP contribution in [0.5, 0.6) is 0 Å². The summed E-state index contributed by atoms with van der Waals surface area (Å²) in [6.07, 6.45) is 3.04. The number of carboxylic acid groups (broad SMARTS) is 1. The molecule has 1 fully saturated rings. The van der Waals surface area contributed by atoms with Crippen LogP contribution in [0.4, 0.5) is 0 Å². The number of hydrogen-bond acceptors (Lipinski definition) is 3. The summed E-state index contributed by atoms with van der Waals surface area (Å²) in [7, 11) is 0. The van der Waals surface area contributed by atoms with Gasteiger partial charge in [-0.1, -0.05) is 6.07 Å². The first-order valence-corrected chi connectivity index (χ1v) is 6.50. The molecule has 100 valence electrons. The van der Waals surface area contributed by atoms with E-state index < -0.39 is 5.97 Å². The molecule has 0 radical (unpaired) electrons. The van der Waals surface area contributed by atoms with Gasteiger partial charge in [0.25, 0.3) is 0 Å². The molecule has 1 N–H and O–H groups in total. The van der Waals surface area contributed by atoms with Crippen LogP contribution in [0, 0.1) is 6.92 Å². The third-order valence-electron chi connectivity index (χ3n) is 3.57. The van der Waals surface area contributed by atoms with E-state index in [1.54, 1.807) is 12.1 Å². The van der Waals surface area contributed by atoms with Crippen LogP contribution in [-0.4, -0.2) is 27.5 Å². The predicted molar refractivity (Wildman–Crippen MR) is 70.3 cm³/mol. The van der Waals surface area contributed by atoms with E-state index in [1.165, 1.54) is 0 Å². The van der Waals surface area contributed by atoms with Gasteiger partial charge in [0.05, 0.1) is 16.8 Å². The number of aryl methyl sites for hydroxylation is 1. The minimum Gasteiger partial charge on any atom is -0.478 e. The van der Waals surface area contributed by atoms with E-state index >= 15 is 0 Å². The minimum atomic E-state index is -0.920. The van der Waals surface area contributed by atoms with Crippen molar-refractivity contribution in [1.29, 1.82) is 0 Å². The third kappa shape index (κ3) is 2.10. The highest BCUT2D eigenvalue weighted by Gasteiger charge is 2.20. The van der Waals surface area contributed by atoms with Crippen LogP contribution < -0.4 is 0 Å². The molecule has 5 heteroatoms. The van der Waals surface area contributed by atoms with Crippen molar-refractivity contribution >= 4 is 16.9 Å². The second-order valence-electron chi connectivity index (χ2n) is 4.89. The number of benzene rings is 1. The van der Waals surface area contributed by atoms with Crippen molar-refractivity contribution in [2.75, 3.05) is 6.61 Å². The van der Waals surface area contributed by atoms with Crippen molar-refractivity contribution < 1.29 is 14.6 Å². The summed E-state index contributed by atoms with van der Waals surface area (Å²) in [6.45, 7) is 2.67. The molecule has 0 bridgehead atoms. The number of rotatable bonds is 2. The molecule has 2 heterocycles. The lowest BCUT2D eigenvalue weighted by Gasteiger charge is -2.23. The lowest BCUT2D eigenvalue weighted by atomic mass is 10.1. The van der Waals surface area contributed by atoms with Crippen LogP contribution in [0.1, 0.15) is 41.5 Å². The summed E-state index contributed by atoms with van der Waals surface area (Å²) < 4.78 is 7.57. The maximum Gasteiger partial charge on any atom is 0.335 e. The summed E-state index contributed by atoms with van der Waals surface area (Å²) in [4.78, 5) is 11.1. The average Bonchev–Trinajstić information content (AvgIpc) is 2.77. The van der Waals surface area contributed by atoms with Gasteiger partial charge < -0.3 is 9.84 Å². The molecule has 1 atom stereocenters. The molecule has 1 aromatic heterocycles. The Morgan fingerprint density at radius 3 is 3.00 bits per heavy atom. The molecule has 3 rings (SSSR count). The molecule has 0 aliphatic carbocycles. The van der Waals surface area contributed by atoms with E-state index in [2.05, 4.69) is 5.10 Å². The van der Waals surface area contributed by atoms with E-state index in [0.29, 0.717) is 0 Å². The topological polar surface area (TPSA) is 64.4 Å². The Bertz CT molecular complexity index is 627. The van der Waals surface area contributed by atoms with Crippen molar-refractivity contribution in [3.05, 3.63) is 29.5 Å². The van der Waals surface area contributed by atoms with E-state index in [-0.39, 0.29) is 11.8 Å². The van der Waals surface area contributed by atoms with Crippen LogP contribution in [0.3, 0.4) is 0 Å². The number of fused-ring (bicyclic) bond motifs is 1. The maximum absolute atomic E-state index is 11.1. The fourth-order valence-corrected chi connectivity index (χ4v) is 2.57. The Morgan fingerprint density at radius 2 is 2.32 bits per heavy atom. The second-order valence-corrected chi connectivity index (χ2v) is 4.89. The summed E-state index contributed by atoms with van der Waals surface area (Å²) in [5.41, 5.74) is 2.02. The fraction of sp³-hybridized carbons (Fsp3) is 0.429. The summed E-state index contributed by atoms with van der Waals surface area (Å²) in [5.74, 6) is -0.920. The van der Waals surface area contributed by atoms with Crippen molar-refractivity contribution in [1.82, 2.24) is 9.78 Å². The highest BCUT2D eigenvalue weighted by atomic mass is 16.5. The minimum absolute atomic E-state index is 0.0750. The zero-order valence-corrected chi connectivity index (χ0v) is 10.8. The van der Waals surface area contributed by atoms with Gasteiger partial charge >= 0.3 is 5.97 Å². The molecular formula is C14H16N2O3. The molecule has 2 aromatic rings. The van der Waals surface area contributed by atoms with Gasteiger partial charge in [0.2, 0.25) is 0 Å². The number of carboxylic acids is 1. The standard InChI is InChI=1S/C14H16N2O3/c1-9-11-6-5-10(14(17)18)8-12(11)16(15-9)13-4-2-3-7-19-13/h5-6,8,13H,2-4,7H2,1H3,(H,17,18). The van der Waals surface area contributed by atoms with E-state index in [9.17, 15) is 4.79 Å². The van der Waals surface area contributed by atoms with E-state index in [0.717, 1.165) is 42.5 Å². The molecule has 19 heavy (non-hydrogen) atoms. The number of nitrogens with zero attached hydrogens (tertiary/aromatic N) is 2. The average molecular weight is 260 g/mol. The zero-order chi connectivity index (χ0) is 13.4. The molecule has 0 saturated carbocycles. The molecule has 1 aliphatic heterocycles. The number of aromatic carboxylic acids is 1. The smallest absolute Gasteiger partial charge is 0.335 e. The van der Waals surface area contributed by atoms with Gasteiger partial charge in [0.15, 0.2) is 6.23 Å². The molecule has 1 saturated heterocycles. The molecule has 0 amide bonds. The van der Waals surface area contributed by atoms with Gasteiger partial charge in [-0.15, -0.1) is 0 Å². The zero-order valence-electron chi connectivity index (χ0n) is 10.8. The Kier molecular flexibility index (Phi) is 2.98. The van der Waals surface area contributed by atoms with Gasteiger partial charge in [-0.2, -0.15) is 5.10 Å². The molecule has 5 nitrogen and oxygen atoms in total. The lowest BCUT2D eigenvalue weighted by Crippen LogP contribution is -2.19. The number of ether oxygens (including phenoxy) is 1. The molecule has 0 spiro atoms. The number of aromatic nitrogens is 2. The Morgan fingerprint density at radius 1 is 1.47 bits per heavy atom. The van der Waals surface area contributed by atoms with Gasteiger partial charge in [-0.25, -0.2) is 9.48 Å². The monoisotopic (exact) mass is 260 g/mol. The predicted octanol–water partition coefficient (Wildman–Crippen LogP) is 2.74. The first-order chi connectivity index (χ1) is 9.16. The molecule has 1 aliphatic rings. The normalized spacial score (nSPS) is 19.7. The highest BCUT2D eigenvalue weighted by molar-refractivity contribution is 5.94. The van der Waals surface area contributed by atoms with Gasteiger partial charge in [-0.3, -0.25) is 0 Å². The second kappa shape index (κ2) is 4.66. The highest BCUT2D eigenvalue weighted by Crippen LogP contribution is 2.28. The number of carbonyl (C=O) groups is 1. The van der Waals surface area contributed by atoms with Crippen LogP contribution in [0.25, 0.3) is 10.9 Å². The van der Waals surface area contributed by atoms with Crippen molar-refractivity contribution in [2.24, 2.45) is 0 Å².